The van der Waals surface area contributed by atoms with E-state index in [2.05, 4.69) is 25.3 Å². The molecule has 0 unspecified atom stereocenters. The van der Waals surface area contributed by atoms with Crippen LogP contribution in [0.25, 0.3) is 0 Å². The molecule has 0 saturated heterocycles. The summed E-state index contributed by atoms with van der Waals surface area (Å²) in [5.74, 6) is 0.610. The third-order valence-corrected chi connectivity index (χ3v) is 2.48. The van der Waals surface area contributed by atoms with Crippen LogP contribution in [0.15, 0.2) is 10.9 Å². The molecule has 0 bridgehead atoms. The van der Waals surface area contributed by atoms with Gasteiger partial charge in [0.2, 0.25) is 6.39 Å². The van der Waals surface area contributed by atoms with Crippen LogP contribution in [0.4, 0.5) is 4.79 Å². The van der Waals surface area contributed by atoms with E-state index in [1.54, 1.807) is 0 Å². The minimum atomic E-state index is -0.108. The quantitative estimate of drug-likeness (QED) is 0.756. The minimum Gasteiger partial charge on any atom is -0.343 e. The number of nitrogens with one attached hydrogen (secondary N) is 2. The molecule has 6 nitrogen and oxygen atoms in total. The van der Waals surface area contributed by atoms with Crippen molar-refractivity contribution in [2.45, 2.75) is 31.7 Å². The molecule has 1 aliphatic rings. The summed E-state index contributed by atoms with van der Waals surface area (Å²) in [5.41, 5.74) is 0. The summed E-state index contributed by atoms with van der Waals surface area (Å²) in [5, 5.41) is 9.27. The summed E-state index contributed by atoms with van der Waals surface area (Å²) >= 11 is 0. The van der Waals surface area contributed by atoms with Gasteiger partial charge in [-0.25, -0.2) is 4.79 Å². The van der Waals surface area contributed by atoms with Gasteiger partial charge >= 0.3 is 6.03 Å². The van der Waals surface area contributed by atoms with Crippen molar-refractivity contribution in [1.29, 1.82) is 0 Å². The molecule has 15 heavy (non-hydrogen) atoms. The highest BCUT2D eigenvalue weighted by molar-refractivity contribution is 5.74. The Balaban J connectivity index is 1.58. The number of nitrogens with zero attached hydrogens (tertiary/aromatic N) is 2. The Labute approximate surface area is 87.4 Å². The predicted molar refractivity (Wildman–Crippen MR) is 52.2 cm³/mol. The smallest absolute Gasteiger partial charge is 0.315 e. The fourth-order valence-corrected chi connectivity index (χ4v) is 1.38. The second-order valence-electron chi connectivity index (χ2n) is 3.63. The number of carbonyl (C=O) groups excluding carboxylic acids is 1. The van der Waals surface area contributed by atoms with Crippen molar-refractivity contribution in [3.8, 4) is 0 Å². The summed E-state index contributed by atoms with van der Waals surface area (Å²) < 4.78 is 4.57. The highest BCUT2D eigenvalue weighted by atomic mass is 16.5. The Morgan fingerprint density at radius 1 is 1.60 bits per heavy atom. The van der Waals surface area contributed by atoms with Crippen molar-refractivity contribution >= 4 is 6.03 Å². The number of aromatic nitrogens is 2. The number of carbonyl (C=O) groups is 1. The fourth-order valence-electron chi connectivity index (χ4n) is 1.38. The topological polar surface area (TPSA) is 80.1 Å². The summed E-state index contributed by atoms with van der Waals surface area (Å²) in [6, 6.07) is 0.262. The Morgan fingerprint density at radius 3 is 3.07 bits per heavy atom. The summed E-state index contributed by atoms with van der Waals surface area (Å²) in [7, 11) is 0. The lowest BCUT2D eigenvalue weighted by Gasteiger charge is -2.26. The molecule has 1 saturated carbocycles. The second-order valence-corrected chi connectivity index (χ2v) is 3.63. The van der Waals surface area contributed by atoms with Gasteiger partial charge < -0.3 is 15.2 Å². The van der Waals surface area contributed by atoms with E-state index in [-0.39, 0.29) is 6.03 Å². The summed E-state index contributed by atoms with van der Waals surface area (Å²) in [6.45, 7) is 0.526. The first-order valence-corrected chi connectivity index (χ1v) is 5.14. The van der Waals surface area contributed by atoms with Gasteiger partial charge in [0.25, 0.3) is 0 Å². The van der Waals surface area contributed by atoms with Gasteiger partial charge in [0, 0.05) is 19.0 Å². The SMILES string of the molecule is O=C(NCCc1ncon1)NC1CCC1. The van der Waals surface area contributed by atoms with Gasteiger partial charge in [-0.15, -0.1) is 0 Å². The Bertz CT molecular complexity index is 308. The van der Waals surface area contributed by atoms with Crippen LogP contribution in [0.2, 0.25) is 0 Å². The Hall–Kier alpha value is -1.59. The monoisotopic (exact) mass is 210 g/mol. The second kappa shape index (κ2) is 4.77. The largest absolute Gasteiger partial charge is 0.343 e. The van der Waals surface area contributed by atoms with E-state index >= 15 is 0 Å². The highest BCUT2D eigenvalue weighted by Crippen LogP contribution is 2.17. The van der Waals surface area contributed by atoms with Gasteiger partial charge in [0.1, 0.15) is 0 Å². The molecule has 2 amide bonds. The first-order valence-electron chi connectivity index (χ1n) is 5.14. The van der Waals surface area contributed by atoms with Crippen LogP contribution in [0, 0.1) is 0 Å². The molecule has 1 aromatic rings. The van der Waals surface area contributed by atoms with E-state index in [0.29, 0.717) is 24.8 Å². The van der Waals surface area contributed by atoms with Crippen molar-refractivity contribution in [3.05, 3.63) is 12.2 Å². The molecule has 0 aliphatic heterocycles. The lowest BCUT2D eigenvalue weighted by atomic mass is 9.93. The molecule has 1 aromatic heterocycles. The lowest BCUT2D eigenvalue weighted by molar-refractivity contribution is 0.228. The van der Waals surface area contributed by atoms with E-state index in [1.165, 1.54) is 12.8 Å². The van der Waals surface area contributed by atoms with Crippen molar-refractivity contribution in [3.63, 3.8) is 0 Å². The summed E-state index contributed by atoms with van der Waals surface area (Å²) in [4.78, 5) is 15.1. The van der Waals surface area contributed by atoms with E-state index in [0.717, 1.165) is 12.8 Å². The number of amides is 2. The zero-order valence-corrected chi connectivity index (χ0v) is 8.40. The van der Waals surface area contributed by atoms with Crippen LogP contribution >= 0.6 is 0 Å². The minimum absolute atomic E-state index is 0.108. The van der Waals surface area contributed by atoms with Gasteiger partial charge in [-0.3, -0.25) is 0 Å². The molecule has 0 spiro atoms. The van der Waals surface area contributed by atoms with Gasteiger partial charge in [-0.1, -0.05) is 5.16 Å². The van der Waals surface area contributed by atoms with Crippen LogP contribution in [0.1, 0.15) is 25.1 Å². The average molecular weight is 210 g/mol. The van der Waals surface area contributed by atoms with Crippen molar-refractivity contribution in [1.82, 2.24) is 20.8 Å². The fraction of sp³-hybridized carbons (Fsp3) is 0.667. The molecule has 1 heterocycles. The first-order chi connectivity index (χ1) is 7.34. The number of rotatable bonds is 4. The molecular formula is C9H14N4O2. The van der Waals surface area contributed by atoms with Gasteiger partial charge in [0.05, 0.1) is 0 Å². The number of hydrogen-bond acceptors (Lipinski definition) is 4. The lowest BCUT2D eigenvalue weighted by Crippen LogP contribution is -2.45. The number of urea groups is 1. The predicted octanol–water partition coefficient (Wildman–Crippen LogP) is 0.464. The maximum absolute atomic E-state index is 11.3. The summed E-state index contributed by atoms with van der Waals surface area (Å²) in [6.07, 6.45) is 5.28. The first kappa shape index (κ1) is 9.95. The van der Waals surface area contributed by atoms with E-state index < -0.39 is 0 Å². The van der Waals surface area contributed by atoms with E-state index in [4.69, 9.17) is 0 Å². The third kappa shape index (κ3) is 2.93. The molecule has 2 rings (SSSR count). The van der Waals surface area contributed by atoms with Gasteiger partial charge in [0.15, 0.2) is 5.82 Å². The van der Waals surface area contributed by atoms with Crippen LogP contribution in [0.5, 0.6) is 0 Å². The van der Waals surface area contributed by atoms with Crippen LogP contribution in [-0.4, -0.2) is 28.8 Å². The molecule has 6 heteroatoms. The van der Waals surface area contributed by atoms with Gasteiger partial charge in [-0.05, 0) is 19.3 Å². The van der Waals surface area contributed by atoms with E-state index in [9.17, 15) is 4.79 Å². The molecule has 0 atom stereocenters. The van der Waals surface area contributed by atoms with Crippen LogP contribution in [-0.2, 0) is 6.42 Å². The number of hydrogen-bond donors (Lipinski definition) is 2. The zero-order valence-electron chi connectivity index (χ0n) is 8.40. The van der Waals surface area contributed by atoms with Crippen LogP contribution in [0.3, 0.4) is 0 Å². The van der Waals surface area contributed by atoms with Crippen LogP contribution < -0.4 is 10.6 Å². The van der Waals surface area contributed by atoms with E-state index in [1.807, 2.05) is 0 Å². The molecule has 0 radical (unpaired) electrons. The molecule has 1 fully saturated rings. The maximum Gasteiger partial charge on any atom is 0.315 e. The molecular weight excluding hydrogens is 196 g/mol. The molecule has 1 aliphatic carbocycles. The van der Waals surface area contributed by atoms with Gasteiger partial charge in [-0.2, -0.15) is 4.98 Å². The zero-order chi connectivity index (χ0) is 10.5. The standard InChI is InChI=1S/C9H14N4O2/c14-9(12-7-2-1-3-7)10-5-4-8-11-6-15-13-8/h6-7H,1-5H2,(H2,10,12,14). The molecule has 82 valence electrons. The van der Waals surface area contributed by atoms with Crippen molar-refractivity contribution in [2.75, 3.05) is 6.54 Å². The molecule has 2 N–H and O–H groups in total. The average Bonchev–Trinajstić information content (AvgIpc) is 2.64. The Kier molecular flexibility index (Phi) is 3.16. The third-order valence-electron chi connectivity index (χ3n) is 2.48. The highest BCUT2D eigenvalue weighted by Gasteiger charge is 2.18. The molecule has 0 aromatic carbocycles. The Morgan fingerprint density at radius 2 is 2.47 bits per heavy atom. The van der Waals surface area contributed by atoms with Crippen molar-refractivity contribution in [2.24, 2.45) is 0 Å². The normalized spacial score (nSPS) is 15.7. The maximum atomic E-state index is 11.3. The van der Waals surface area contributed by atoms with Crippen molar-refractivity contribution < 1.29 is 9.32 Å².